The highest BCUT2D eigenvalue weighted by Crippen LogP contribution is 2.25. The molecule has 0 spiro atoms. The van der Waals surface area contributed by atoms with Crippen LogP contribution in [0.25, 0.3) is 0 Å². The van der Waals surface area contributed by atoms with Crippen molar-refractivity contribution in [3.8, 4) is 5.75 Å². The van der Waals surface area contributed by atoms with Crippen molar-refractivity contribution in [2.24, 2.45) is 0 Å². The summed E-state index contributed by atoms with van der Waals surface area (Å²) < 4.78 is 5.50. The zero-order chi connectivity index (χ0) is 15.9. The number of carbonyl (C=O) groups is 1. The molecule has 0 fully saturated rings. The minimum atomic E-state index is -0.312. The van der Waals surface area contributed by atoms with Crippen LogP contribution in [-0.2, 0) is 6.54 Å². The Bertz CT molecular complexity index is 624. The molecule has 0 bridgehead atoms. The molecule has 5 nitrogen and oxygen atoms in total. The molecule has 1 aromatic carbocycles. The van der Waals surface area contributed by atoms with Crippen molar-refractivity contribution in [2.45, 2.75) is 20.4 Å². The van der Waals surface area contributed by atoms with E-state index in [4.69, 9.17) is 16.3 Å². The predicted molar refractivity (Wildman–Crippen MR) is 86.0 cm³/mol. The van der Waals surface area contributed by atoms with Gasteiger partial charge in [-0.3, -0.25) is 4.98 Å². The molecule has 0 saturated carbocycles. The number of carbonyl (C=O) groups excluding carboxylic acids is 1. The number of hydrogen-bond acceptors (Lipinski definition) is 3. The number of aromatic nitrogens is 1. The van der Waals surface area contributed by atoms with E-state index in [0.29, 0.717) is 12.3 Å². The van der Waals surface area contributed by atoms with Gasteiger partial charge in [0.1, 0.15) is 5.75 Å². The van der Waals surface area contributed by atoms with Gasteiger partial charge in [-0.15, -0.1) is 0 Å². The monoisotopic (exact) mass is 319 g/mol. The number of hydrogen-bond donors (Lipinski definition) is 2. The maximum atomic E-state index is 11.6. The summed E-state index contributed by atoms with van der Waals surface area (Å²) in [7, 11) is 0. The lowest BCUT2D eigenvalue weighted by Crippen LogP contribution is -2.37. The third-order valence-electron chi connectivity index (χ3n) is 3.04. The Hall–Kier alpha value is -2.27. The first-order valence-corrected chi connectivity index (χ1v) is 7.25. The van der Waals surface area contributed by atoms with E-state index in [9.17, 15) is 4.79 Å². The number of nitrogens with zero attached hydrogens (tertiary/aromatic N) is 1. The SMILES string of the molecule is Cc1cc(OCNC(=O)NCc2ccccn2)cc(C)c1Cl. The molecule has 0 aliphatic heterocycles. The Balaban J connectivity index is 1.75. The Morgan fingerprint density at radius 1 is 1.23 bits per heavy atom. The molecule has 0 aliphatic rings. The van der Waals surface area contributed by atoms with E-state index >= 15 is 0 Å². The van der Waals surface area contributed by atoms with Crippen LogP contribution in [0.15, 0.2) is 36.5 Å². The maximum Gasteiger partial charge on any atom is 0.317 e. The van der Waals surface area contributed by atoms with Crippen molar-refractivity contribution in [3.05, 3.63) is 58.4 Å². The van der Waals surface area contributed by atoms with Gasteiger partial charge in [0.05, 0.1) is 12.2 Å². The van der Waals surface area contributed by atoms with Crippen LogP contribution in [-0.4, -0.2) is 17.7 Å². The standard InChI is InChI=1S/C16H18ClN3O2/c1-11-7-14(8-12(2)15(11)17)22-10-20-16(21)19-9-13-5-3-4-6-18-13/h3-8H,9-10H2,1-2H3,(H2,19,20,21). The van der Waals surface area contributed by atoms with Crippen LogP contribution in [0.1, 0.15) is 16.8 Å². The van der Waals surface area contributed by atoms with Gasteiger partial charge in [0.2, 0.25) is 0 Å². The van der Waals surface area contributed by atoms with Crippen LogP contribution < -0.4 is 15.4 Å². The van der Waals surface area contributed by atoms with E-state index in [1.165, 1.54) is 0 Å². The van der Waals surface area contributed by atoms with Gasteiger partial charge in [-0.1, -0.05) is 17.7 Å². The molecule has 2 rings (SSSR count). The average molecular weight is 320 g/mol. The van der Waals surface area contributed by atoms with Crippen LogP contribution >= 0.6 is 11.6 Å². The fourth-order valence-corrected chi connectivity index (χ4v) is 2.02. The summed E-state index contributed by atoms with van der Waals surface area (Å²) in [6.07, 6.45) is 1.68. The molecule has 6 heteroatoms. The summed E-state index contributed by atoms with van der Waals surface area (Å²) in [6.45, 7) is 4.27. The van der Waals surface area contributed by atoms with Crippen LogP contribution in [0.4, 0.5) is 4.79 Å². The molecule has 0 aliphatic carbocycles. The van der Waals surface area contributed by atoms with Gasteiger partial charge in [-0.2, -0.15) is 0 Å². The molecule has 1 heterocycles. The summed E-state index contributed by atoms with van der Waals surface area (Å²) in [5.41, 5.74) is 2.68. The normalized spacial score (nSPS) is 10.1. The second-order valence-corrected chi connectivity index (χ2v) is 5.22. The molecule has 2 N–H and O–H groups in total. The molecule has 0 atom stereocenters. The van der Waals surface area contributed by atoms with Crippen molar-refractivity contribution in [1.29, 1.82) is 0 Å². The minimum absolute atomic E-state index is 0.0779. The van der Waals surface area contributed by atoms with E-state index in [0.717, 1.165) is 21.8 Å². The van der Waals surface area contributed by atoms with Crippen molar-refractivity contribution < 1.29 is 9.53 Å². The predicted octanol–water partition coefficient (Wildman–Crippen LogP) is 3.19. The molecule has 2 aromatic rings. The van der Waals surface area contributed by atoms with Gasteiger partial charge < -0.3 is 15.4 Å². The Morgan fingerprint density at radius 2 is 1.95 bits per heavy atom. The number of benzene rings is 1. The second kappa shape index (κ2) is 7.66. The third kappa shape index (κ3) is 4.63. The van der Waals surface area contributed by atoms with Crippen molar-refractivity contribution in [1.82, 2.24) is 15.6 Å². The maximum absolute atomic E-state index is 11.6. The Morgan fingerprint density at radius 3 is 2.59 bits per heavy atom. The van der Waals surface area contributed by atoms with Gasteiger partial charge in [0, 0.05) is 11.2 Å². The van der Waals surface area contributed by atoms with E-state index in [1.54, 1.807) is 6.20 Å². The van der Waals surface area contributed by atoms with E-state index in [2.05, 4.69) is 15.6 Å². The number of ether oxygens (including phenoxy) is 1. The Kier molecular flexibility index (Phi) is 5.61. The number of nitrogens with one attached hydrogen (secondary N) is 2. The first-order chi connectivity index (χ1) is 10.6. The van der Waals surface area contributed by atoms with Crippen molar-refractivity contribution in [2.75, 3.05) is 6.73 Å². The molecular weight excluding hydrogens is 302 g/mol. The lowest BCUT2D eigenvalue weighted by atomic mass is 10.1. The topological polar surface area (TPSA) is 63.2 Å². The summed E-state index contributed by atoms with van der Waals surface area (Å²) in [5, 5.41) is 6.06. The number of amides is 2. The molecule has 0 radical (unpaired) electrons. The summed E-state index contributed by atoms with van der Waals surface area (Å²) in [5.74, 6) is 0.671. The molecular formula is C16H18ClN3O2. The van der Waals surface area contributed by atoms with Gasteiger partial charge in [-0.25, -0.2) is 4.79 Å². The molecule has 22 heavy (non-hydrogen) atoms. The minimum Gasteiger partial charge on any atom is -0.473 e. The summed E-state index contributed by atoms with van der Waals surface area (Å²) >= 11 is 6.09. The number of aryl methyl sites for hydroxylation is 2. The fourth-order valence-electron chi connectivity index (χ4n) is 1.91. The van der Waals surface area contributed by atoms with Crippen LogP contribution in [0.2, 0.25) is 5.02 Å². The summed E-state index contributed by atoms with van der Waals surface area (Å²) in [6, 6.07) is 8.90. The second-order valence-electron chi connectivity index (χ2n) is 4.84. The van der Waals surface area contributed by atoms with Gasteiger partial charge >= 0.3 is 6.03 Å². The highest BCUT2D eigenvalue weighted by Gasteiger charge is 2.04. The van der Waals surface area contributed by atoms with Crippen LogP contribution in [0.3, 0.4) is 0 Å². The zero-order valence-corrected chi connectivity index (χ0v) is 13.3. The fraction of sp³-hybridized carbons (Fsp3) is 0.250. The number of rotatable bonds is 5. The molecule has 2 amide bonds. The number of halogens is 1. The van der Waals surface area contributed by atoms with Gasteiger partial charge in [0.25, 0.3) is 0 Å². The van der Waals surface area contributed by atoms with E-state index in [-0.39, 0.29) is 12.8 Å². The van der Waals surface area contributed by atoms with E-state index in [1.807, 2.05) is 44.2 Å². The summed E-state index contributed by atoms with van der Waals surface area (Å²) in [4.78, 5) is 15.8. The van der Waals surface area contributed by atoms with Crippen LogP contribution in [0.5, 0.6) is 5.75 Å². The van der Waals surface area contributed by atoms with Crippen molar-refractivity contribution in [3.63, 3.8) is 0 Å². The smallest absolute Gasteiger partial charge is 0.317 e. The highest BCUT2D eigenvalue weighted by molar-refractivity contribution is 6.32. The highest BCUT2D eigenvalue weighted by atomic mass is 35.5. The van der Waals surface area contributed by atoms with Crippen molar-refractivity contribution >= 4 is 17.6 Å². The molecule has 1 aromatic heterocycles. The first kappa shape index (κ1) is 16.1. The number of urea groups is 1. The molecule has 116 valence electrons. The lowest BCUT2D eigenvalue weighted by Gasteiger charge is -2.11. The van der Waals surface area contributed by atoms with Gasteiger partial charge in [0.15, 0.2) is 6.73 Å². The van der Waals surface area contributed by atoms with E-state index < -0.39 is 0 Å². The van der Waals surface area contributed by atoms with Crippen LogP contribution in [0, 0.1) is 13.8 Å². The Labute approximate surface area is 134 Å². The largest absolute Gasteiger partial charge is 0.473 e. The third-order valence-corrected chi connectivity index (χ3v) is 3.63. The number of pyridine rings is 1. The quantitative estimate of drug-likeness (QED) is 0.832. The van der Waals surface area contributed by atoms with Gasteiger partial charge in [-0.05, 0) is 49.2 Å². The zero-order valence-electron chi connectivity index (χ0n) is 12.5. The average Bonchev–Trinajstić information content (AvgIpc) is 2.51. The molecule has 0 saturated heterocycles. The first-order valence-electron chi connectivity index (χ1n) is 6.87. The molecule has 0 unspecified atom stereocenters. The lowest BCUT2D eigenvalue weighted by molar-refractivity contribution is 0.223.